The summed E-state index contributed by atoms with van der Waals surface area (Å²) in [6, 6.07) is 18.6. The van der Waals surface area contributed by atoms with E-state index in [0.29, 0.717) is 17.0 Å². The molecule has 3 aromatic rings. The summed E-state index contributed by atoms with van der Waals surface area (Å²) in [5.41, 5.74) is 0.571. The van der Waals surface area contributed by atoms with Gasteiger partial charge in [0.15, 0.2) is 0 Å². The van der Waals surface area contributed by atoms with Gasteiger partial charge in [0.05, 0.1) is 15.5 Å². The Hall–Kier alpha value is -3.96. The second-order valence-corrected chi connectivity index (χ2v) is 12.5. The van der Waals surface area contributed by atoms with E-state index in [0.717, 1.165) is 30.0 Å². The molecule has 0 aromatic heterocycles. The van der Waals surface area contributed by atoms with E-state index in [2.05, 4.69) is 5.32 Å². The van der Waals surface area contributed by atoms with Gasteiger partial charge in [-0.1, -0.05) is 61.7 Å². The zero-order chi connectivity index (χ0) is 30.3. The summed E-state index contributed by atoms with van der Waals surface area (Å²) in [5.74, 6) is -0.893. The number of rotatable bonds is 12. The summed E-state index contributed by atoms with van der Waals surface area (Å²) in [5, 5.41) is 14.8. The van der Waals surface area contributed by atoms with Crippen molar-refractivity contribution in [2.75, 3.05) is 10.8 Å². The fourth-order valence-corrected chi connectivity index (χ4v) is 6.62. The number of anilines is 1. The summed E-state index contributed by atoms with van der Waals surface area (Å²) >= 11 is 6.06. The van der Waals surface area contributed by atoms with Gasteiger partial charge in [0.1, 0.15) is 12.6 Å². The summed E-state index contributed by atoms with van der Waals surface area (Å²) in [6.45, 7) is 1.22. The van der Waals surface area contributed by atoms with E-state index in [1.54, 1.807) is 49.4 Å². The summed E-state index contributed by atoms with van der Waals surface area (Å²) in [6.07, 6.45) is 4.10. The number of nitro groups is 1. The number of sulfonamides is 1. The number of nitrogens with zero attached hydrogens (tertiary/aromatic N) is 3. The molecule has 1 atom stereocenters. The van der Waals surface area contributed by atoms with Gasteiger partial charge in [-0.05, 0) is 61.2 Å². The molecule has 10 nitrogen and oxygen atoms in total. The highest BCUT2D eigenvalue weighted by Crippen LogP contribution is 2.27. The fourth-order valence-electron chi connectivity index (χ4n) is 5.06. The SMILES string of the molecule is CC[C@H](C(=O)NC1CCCC1)N(Cc1ccc(Cl)cc1)C(=O)CN(c1ccc([N+](=O)[O-])cc1)S(=O)(=O)c1ccccc1. The molecule has 1 N–H and O–H groups in total. The van der Waals surface area contributed by atoms with Crippen LogP contribution in [0.25, 0.3) is 0 Å². The number of nitrogens with one attached hydrogen (secondary N) is 1. The van der Waals surface area contributed by atoms with E-state index < -0.39 is 33.4 Å². The highest BCUT2D eigenvalue weighted by atomic mass is 35.5. The lowest BCUT2D eigenvalue weighted by atomic mass is 10.1. The smallest absolute Gasteiger partial charge is 0.269 e. The number of carbonyl (C=O) groups excluding carboxylic acids is 2. The zero-order valence-corrected chi connectivity index (χ0v) is 24.8. The number of nitro benzene ring substituents is 1. The molecular formula is C30H33ClN4O6S. The van der Waals surface area contributed by atoms with Crippen molar-refractivity contribution in [3.8, 4) is 0 Å². The van der Waals surface area contributed by atoms with Crippen molar-refractivity contribution >= 4 is 44.8 Å². The Labute approximate surface area is 250 Å². The van der Waals surface area contributed by atoms with Crippen molar-refractivity contribution in [2.24, 2.45) is 0 Å². The fraction of sp³-hybridized carbons (Fsp3) is 0.333. The first-order valence-electron chi connectivity index (χ1n) is 13.8. The number of hydrogen-bond acceptors (Lipinski definition) is 6. The maximum absolute atomic E-state index is 14.1. The van der Waals surface area contributed by atoms with Crippen LogP contribution in [0.2, 0.25) is 5.02 Å². The Balaban J connectivity index is 1.71. The largest absolute Gasteiger partial charge is 0.352 e. The third-order valence-electron chi connectivity index (χ3n) is 7.31. The molecule has 0 spiro atoms. The third-order valence-corrected chi connectivity index (χ3v) is 9.35. The lowest BCUT2D eigenvalue weighted by Gasteiger charge is -2.33. The van der Waals surface area contributed by atoms with E-state index in [1.807, 2.05) is 0 Å². The second kappa shape index (κ2) is 13.8. The first kappa shape index (κ1) is 31.0. The topological polar surface area (TPSA) is 130 Å². The third kappa shape index (κ3) is 7.46. The summed E-state index contributed by atoms with van der Waals surface area (Å²) in [4.78, 5) is 39.6. The minimum absolute atomic E-state index is 0.0362. The average Bonchev–Trinajstić information content (AvgIpc) is 3.50. The van der Waals surface area contributed by atoms with Crippen molar-refractivity contribution in [3.63, 3.8) is 0 Å². The van der Waals surface area contributed by atoms with E-state index in [-0.39, 0.29) is 34.8 Å². The van der Waals surface area contributed by atoms with Crippen molar-refractivity contribution < 1.29 is 22.9 Å². The lowest BCUT2D eigenvalue weighted by Crippen LogP contribution is -2.53. The van der Waals surface area contributed by atoms with E-state index >= 15 is 0 Å². The monoisotopic (exact) mass is 612 g/mol. The van der Waals surface area contributed by atoms with Crippen molar-refractivity contribution in [2.45, 2.75) is 62.6 Å². The minimum atomic E-state index is -4.27. The number of halogens is 1. The first-order valence-corrected chi connectivity index (χ1v) is 15.6. The summed E-state index contributed by atoms with van der Waals surface area (Å²) < 4.78 is 28.6. The molecule has 1 aliphatic rings. The first-order chi connectivity index (χ1) is 20.1. The average molecular weight is 613 g/mol. The van der Waals surface area contributed by atoms with Gasteiger partial charge in [-0.25, -0.2) is 8.42 Å². The molecular weight excluding hydrogens is 580 g/mol. The van der Waals surface area contributed by atoms with Crippen molar-refractivity contribution in [3.05, 3.63) is 99.6 Å². The van der Waals surface area contributed by atoms with Gasteiger partial charge in [0.2, 0.25) is 11.8 Å². The Bertz CT molecular complexity index is 1500. The maximum Gasteiger partial charge on any atom is 0.269 e. The normalized spacial score (nSPS) is 14.2. The van der Waals surface area contributed by atoms with E-state index in [1.165, 1.54) is 41.3 Å². The van der Waals surface area contributed by atoms with Crippen LogP contribution >= 0.6 is 11.6 Å². The molecule has 12 heteroatoms. The van der Waals surface area contributed by atoms with E-state index in [4.69, 9.17) is 11.6 Å². The van der Waals surface area contributed by atoms with Gasteiger partial charge in [-0.15, -0.1) is 0 Å². The van der Waals surface area contributed by atoms with Crippen molar-refractivity contribution in [1.82, 2.24) is 10.2 Å². The van der Waals surface area contributed by atoms with Gasteiger partial charge < -0.3 is 10.2 Å². The Morgan fingerprint density at radius 3 is 2.19 bits per heavy atom. The molecule has 0 saturated heterocycles. The molecule has 3 aromatic carbocycles. The molecule has 42 heavy (non-hydrogen) atoms. The van der Waals surface area contributed by atoms with Crippen LogP contribution in [0.3, 0.4) is 0 Å². The van der Waals surface area contributed by atoms with Crippen molar-refractivity contribution in [1.29, 1.82) is 0 Å². The molecule has 1 aliphatic carbocycles. The van der Waals surface area contributed by atoms with Gasteiger partial charge >= 0.3 is 0 Å². The Morgan fingerprint density at radius 2 is 1.62 bits per heavy atom. The minimum Gasteiger partial charge on any atom is -0.352 e. The summed E-state index contributed by atoms with van der Waals surface area (Å²) in [7, 11) is -4.27. The number of non-ortho nitro benzene ring substituents is 1. The van der Waals surface area contributed by atoms with Crippen LogP contribution in [0, 0.1) is 10.1 Å². The van der Waals surface area contributed by atoms with Crippen LogP contribution < -0.4 is 9.62 Å². The lowest BCUT2D eigenvalue weighted by molar-refractivity contribution is -0.384. The van der Waals surface area contributed by atoms with Crippen LogP contribution in [0.5, 0.6) is 0 Å². The molecule has 0 aliphatic heterocycles. The molecule has 0 bridgehead atoms. The van der Waals surface area contributed by atoms with Crippen LogP contribution in [0.1, 0.15) is 44.6 Å². The van der Waals surface area contributed by atoms with Gasteiger partial charge in [-0.3, -0.25) is 24.0 Å². The second-order valence-electron chi connectivity index (χ2n) is 10.2. The molecule has 222 valence electrons. The maximum atomic E-state index is 14.1. The van der Waals surface area contributed by atoms with Gasteiger partial charge in [0, 0.05) is 29.7 Å². The molecule has 0 unspecified atom stereocenters. The Morgan fingerprint density at radius 1 is 1.00 bits per heavy atom. The predicted molar refractivity (Wildman–Crippen MR) is 161 cm³/mol. The van der Waals surface area contributed by atoms with Crippen LogP contribution in [0.15, 0.2) is 83.8 Å². The molecule has 0 radical (unpaired) electrons. The molecule has 0 heterocycles. The quantitative estimate of drug-likeness (QED) is 0.218. The highest BCUT2D eigenvalue weighted by molar-refractivity contribution is 7.92. The number of amides is 2. The Kier molecular flexibility index (Phi) is 10.2. The van der Waals surface area contributed by atoms with Crippen LogP contribution in [-0.4, -0.2) is 48.7 Å². The number of carbonyl (C=O) groups is 2. The standard InChI is InChI=1S/C30H33ClN4O6S/c1-2-28(30(37)32-24-8-6-7-9-24)33(20-22-12-14-23(31)15-13-22)29(36)21-34(25-16-18-26(19-17-25)35(38)39)42(40,41)27-10-4-3-5-11-27/h3-5,10-19,24,28H,2,6-9,20-21H2,1H3,(H,32,37)/t28-/m1/s1. The van der Waals surface area contributed by atoms with Gasteiger partial charge in [-0.2, -0.15) is 0 Å². The van der Waals surface area contributed by atoms with E-state index in [9.17, 15) is 28.1 Å². The number of benzene rings is 3. The molecule has 1 fully saturated rings. The van der Waals surface area contributed by atoms with Gasteiger partial charge in [0.25, 0.3) is 15.7 Å². The van der Waals surface area contributed by atoms with Crippen LogP contribution in [0.4, 0.5) is 11.4 Å². The highest BCUT2D eigenvalue weighted by Gasteiger charge is 2.34. The molecule has 2 amide bonds. The predicted octanol–water partition coefficient (Wildman–Crippen LogP) is 5.31. The number of hydrogen-bond donors (Lipinski definition) is 1. The van der Waals surface area contributed by atoms with Crippen LogP contribution in [-0.2, 0) is 26.2 Å². The molecule has 4 rings (SSSR count). The molecule has 1 saturated carbocycles. The zero-order valence-electron chi connectivity index (χ0n) is 23.2.